The van der Waals surface area contributed by atoms with Crippen LogP contribution in [0.1, 0.15) is 11.3 Å². The summed E-state index contributed by atoms with van der Waals surface area (Å²) < 4.78 is 5.28. The number of rotatable bonds is 4. The highest BCUT2D eigenvalue weighted by Gasteiger charge is 2.09. The van der Waals surface area contributed by atoms with E-state index in [2.05, 4.69) is 11.1 Å². The summed E-state index contributed by atoms with van der Waals surface area (Å²) in [5.74, 6) is 0.670. The number of furan rings is 1. The average Bonchev–Trinajstić information content (AvgIpc) is 3.24. The maximum atomic E-state index is 10.7. The summed E-state index contributed by atoms with van der Waals surface area (Å²) in [6.07, 6.45) is 3.22. The van der Waals surface area contributed by atoms with Crippen LogP contribution in [0.25, 0.3) is 22.4 Å². The SMILES string of the molecule is N#C/C(=C/c1csc(-c2ccco2)n1)c1ccc([N+](=O)[O-])cc1. The molecule has 7 heteroatoms. The van der Waals surface area contributed by atoms with Gasteiger partial charge in [0, 0.05) is 17.5 Å². The summed E-state index contributed by atoms with van der Waals surface area (Å²) in [5, 5.41) is 22.5. The maximum Gasteiger partial charge on any atom is 0.269 e. The summed E-state index contributed by atoms with van der Waals surface area (Å²) in [4.78, 5) is 14.6. The van der Waals surface area contributed by atoms with E-state index < -0.39 is 4.92 Å². The third kappa shape index (κ3) is 3.17. The number of hydrogen-bond donors (Lipinski definition) is 0. The Bertz CT molecular complexity index is 903. The Morgan fingerprint density at radius 1 is 1.35 bits per heavy atom. The van der Waals surface area contributed by atoms with Crippen LogP contribution in [-0.2, 0) is 0 Å². The third-order valence-corrected chi connectivity index (χ3v) is 3.93. The number of hydrogen-bond acceptors (Lipinski definition) is 6. The summed E-state index contributed by atoms with van der Waals surface area (Å²) in [5.41, 5.74) is 1.61. The number of aromatic nitrogens is 1. The van der Waals surface area contributed by atoms with E-state index in [1.807, 2.05) is 11.4 Å². The van der Waals surface area contributed by atoms with Crippen LogP contribution in [0.5, 0.6) is 0 Å². The molecule has 0 N–H and O–H groups in total. The van der Waals surface area contributed by atoms with Gasteiger partial charge in [0.2, 0.25) is 0 Å². The second-order valence-corrected chi connectivity index (χ2v) is 5.39. The van der Waals surface area contributed by atoms with Crippen molar-refractivity contribution < 1.29 is 9.34 Å². The van der Waals surface area contributed by atoms with Crippen molar-refractivity contribution >= 4 is 28.7 Å². The highest BCUT2D eigenvalue weighted by atomic mass is 32.1. The Morgan fingerprint density at radius 3 is 2.74 bits per heavy atom. The van der Waals surface area contributed by atoms with Crippen LogP contribution in [-0.4, -0.2) is 9.91 Å². The molecule has 6 nitrogen and oxygen atoms in total. The molecular formula is C16H9N3O3S. The minimum absolute atomic E-state index is 0.0141. The van der Waals surface area contributed by atoms with Gasteiger partial charge < -0.3 is 4.42 Å². The van der Waals surface area contributed by atoms with Gasteiger partial charge in [-0.05, 0) is 35.9 Å². The molecule has 0 radical (unpaired) electrons. The Hall–Kier alpha value is -3.24. The maximum absolute atomic E-state index is 10.7. The van der Waals surface area contributed by atoms with Crippen LogP contribution in [0.2, 0.25) is 0 Å². The van der Waals surface area contributed by atoms with Gasteiger partial charge in [0.15, 0.2) is 10.8 Å². The van der Waals surface area contributed by atoms with E-state index in [0.717, 1.165) is 5.01 Å². The molecule has 23 heavy (non-hydrogen) atoms. The topological polar surface area (TPSA) is 93.0 Å². The van der Waals surface area contributed by atoms with Crippen LogP contribution in [0.3, 0.4) is 0 Å². The molecule has 3 aromatic rings. The predicted molar refractivity (Wildman–Crippen MR) is 86.4 cm³/mol. The lowest BCUT2D eigenvalue weighted by molar-refractivity contribution is -0.384. The van der Waals surface area contributed by atoms with Crippen LogP contribution in [0.15, 0.2) is 52.5 Å². The summed E-state index contributed by atoms with van der Waals surface area (Å²) >= 11 is 1.41. The van der Waals surface area contributed by atoms with Crippen molar-refractivity contribution in [2.45, 2.75) is 0 Å². The molecular weight excluding hydrogens is 314 g/mol. The monoisotopic (exact) mass is 323 g/mol. The molecule has 3 rings (SSSR count). The molecule has 0 saturated heterocycles. The van der Waals surface area contributed by atoms with Gasteiger partial charge in [-0.25, -0.2) is 4.98 Å². The Morgan fingerprint density at radius 2 is 2.13 bits per heavy atom. The van der Waals surface area contributed by atoms with Gasteiger partial charge in [0.1, 0.15) is 0 Å². The summed E-state index contributed by atoms with van der Waals surface area (Å²) in [6, 6.07) is 11.5. The normalized spacial score (nSPS) is 11.2. The highest BCUT2D eigenvalue weighted by molar-refractivity contribution is 7.13. The molecule has 2 aromatic heterocycles. The van der Waals surface area contributed by atoms with Crippen LogP contribution in [0.4, 0.5) is 5.69 Å². The molecule has 0 spiro atoms. The number of benzene rings is 1. The average molecular weight is 323 g/mol. The van der Waals surface area contributed by atoms with E-state index in [-0.39, 0.29) is 5.69 Å². The van der Waals surface area contributed by atoms with Gasteiger partial charge in [0.25, 0.3) is 5.69 Å². The number of non-ortho nitro benzene ring substituents is 1. The predicted octanol–water partition coefficient (Wildman–Crippen LogP) is 4.38. The first-order valence-corrected chi connectivity index (χ1v) is 7.41. The first-order chi connectivity index (χ1) is 11.2. The van der Waals surface area contributed by atoms with E-state index in [9.17, 15) is 15.4 Å². The van der Waals surface area contributed by atoms with Crippen LogP contribution >= 0.6 is 11.3 Å². The van der Waals surface area contributed by atoms with E-state index >= 15 is 0 Å². The molecule has 0 saturated carbocycles. The zero-order valence-electron chi connectivity index (χ0n) is 11.7. The summed E-state index contributed by atoms with van der Waals surface area (Å²) in [6.45, 7) is 0. The first kappa shape index (κ1) is 14.7. The number of nitro groups is 1. The highest BCUT2D eigenvalue weighted by Crippen LogP contribution is 2.26. The first-order valence-electron chi connectivity index (χ1n) is 6.53. The third-order valence-electron chi connectivity index (χ3n) is 3.06. The number of thiazole rings is 1. The van der Waals surface area contributed by atoms with Gasteiger partial charge in [-0.1, -0.05) is 0 Å². The number of nitrogens with zero attached hydrogens (tertiary/aromatic N) is 3. The zero-order valence-corrected chi connectivity index (χ0v) is 12.5. The lowest BCUT2D eigenvalue weighted by atomic mass is 10.1. The zero-order chi connectivity index (χ0) is 16.2. The molecule has 1 aromatic carbocycles. The van der Waals surface area contributed by atoms with Gasteiger partial charge in [0.05, 0.1) is 28.5 Å². The van der Waals surface area contributed by atoms with Crippen molar-refractivity contribution in [2.24, 2.45) is 0 Å². The van der Waals surface area contributed by atoms with Crippen LogP contribution in [0, 0.1) is 21.4 Å². The minimum Gasteiger partial charge on any atom is -0.462 e. The lowest BCUT2D eigenvalue weighted by Gasteiger charge is -1.98. The Kier molecular flexibility index (Phi) is 3.99. The molecule has 0 amide bonds. The molecule has 0 atom stereocenters. The molecule has 0 unspecified atom stereocenters. The van der Waals surface area contributed by atoms with Gasteiger partial charge in [-0.3, -0.25) is 10.1 Å². The van der Waals surface area contributed by atoms with E-state index in [1.54, 1.807) is 30.5 Å². The minimum atomic E-state index is -0.477. The van der Waals surface area contributed by atoms with Gasteiger partial charge in [-0.2, -0.15) is 5.26 Å². The van der Waals surface area contributed by atoms with Crippen molar-refractivity contribution in [3.63, 3.8) is 0 Å². The molecule has 112 valence electrons. The van der Waals surface area contributed by atoms with Crippen LogP contribution < -0.4 is 0 Å². The fourth-order valence-electron chi connectivity index (χ4n) is 1.96. The molecule has 0 aliphatic rings. The fourth-order valence-corrected chi connectivity index (χ4v) is 2.70. The molecule has 0 fully saturated rings. The molecule has 0 aliphatic carbocycles. The molecule has 0 aliphatic heterocycles. The fraction of sp³-hybridized carbons (Fsp3) is 0. The molecule has 0 bridgehead atoms. The lowest BCUT2D eigenvalue weighted by Crippen LogP contribution is -1.88. The molecule has 2 heterocycles. The van der Waals surface area contributed by atoms with E-state index in [4.69, 9.17) is 4.42 Å². The van der Waals surface area contributed by atoms with E-state index in [1.165, 1.54) is 23.5 Å². The smallest absolute Gasteiger partial charge is 0.269 e. The van der Waals surface area contributed by atoms with Crippen molar-refractivity contribution in [1.82, 2.24) is 4.98 Å². The largest absolute Gasteiger partial charge is 0.462 e. The summed E-state index contributed by atoms with van der Waals surface area (Å²) in [7, 11) is 0. The number of nitro benzene ring substituents is 1. The van der Waals surface area contributed by atoms with Crippen molar-refractivity contribution in [2.75, 3.05) is 0 Å². The van der Waals surface area contributed by atoms with Gasteiger partial charge >= 0.3 is 0 Å². The van der Waals surface area contributed by atoms with Gasteiger partial charge in [-0.15, -0.1) is 11.3 Å². The quantitative estimate of drug-likeness (QED) is 0.403. The Balaban J connectivity index is 1.90. The second kappa shape index (κ2) is 6.25. The van der Waals surface area contributed by atoms with Crippen molar-refractivity contribution in [1.29, 1.82) is 5.26 Å². The van der Waals surface area contributed by atoms with Crippen molar-refractivity contribution in [3.05, 3.63) is 69.4 Å². The number of nitriles is 1. The Labute approximate surface area is 135 Å². The standard InChI is InChI=1S/C16H9N3O3S/c17-9-12(11-3-5-14(6-4-11)19(20)21)8-13-10-23-16(18-13)15-2-1-7-22-15/h1-8,10H/b12-8-. The van der Waals surface area contributed by atoms with Crippen molar-refractivity contribution in [3.8, 4) is 16.8 Å². The van der Waals surface area contributed by atoms with E-state index in [0.29, 0.717) is 22.6 Å². The number of allylic oxidation sites excluding steroid dienone is 1. The second-order valence-electron chi connectivity index (χ2n) is 4.53.